The molecule has 1 unspecified atom stereocenters. The predicted octanol–water partition coefficient (Wildman–Crippen LogP) is 4.74. The zero-order valence-electron chi connectivity index (χ0n) is 17.8. The van der Waals surface area contributed by atoms with Crippen LogP contribution in [0.5, 0.6) is 0 Å². The Morgan fingerprint density at radius 1 is 1.00 bits per heavy atom. The van der Waals surface area contributed by atoms with Gasteiger partial charge >= 0.3 is 0 Å². The van der Waals surface area contributed by atoms with Gasteiger partial charge in [-0.2, -0.15) is 16.8 Å². The maximum atomic E-state index is 11.2. The van der Waals surface area contributed by atoms with Gasteiger partial charge in [0.25, 0.3) is 20.2 Å². The van der Waals surface area contributed by atoms with E-state index in [4.69, 9.17) is 20.7 Å². The van der Waals surface area contributed by atoms with Crippen LogP contribution in [-0.4, -0.2) is 49.4 Å². The molecule has 0 aromatic heterocycles. The number of benzene rings is 2. The lowest BCUT2D eigenvalue weighted by Crippen LogP contribution is -2.23. The fraction of sp³-hybridized carbons (Fsp3) is 0.333. The number of thioether (sulfide) groups is 2. The van der Waals surface area contributed by atoms with Crippen LogP contribution in [0.3, 0.4) is 0 Å². The van der Waals surface area contributed by atoms with Crippen LogP contribution < -0.4 is 10.2 Å². The molecule has 13 heteroatoms. The molecule has 0 fully saturated rings. The van der Waals surface area contributed by atoms with E-state index in [1.165, 1.54) is 0 Å². The summed E-state index contributed by atoms with van der Waals surface area (Å²) in [7, 11) is -8.07. The third-order valence-electron chi connectivity index (χ3n) is 5.30. The Bertz CT molecular complexity index is 1330. The molecule has 34 heavy (non-hydrogen) atoms. The highest BCUT2D eigenvalue weighted by atomic mass is 35.5. The van der Waals surface area contributed by atoms with Gasteiger partial charge in [0.05, 0.1) is 33.3 Å². The molecule has 0 aliphatic carbocycles. The van der Waals surface area contributed by atoms with Gasteiger partial charge in [-0.15, -0.1) is 0 Å². The number of hydrogen-bond acceptors (Lipinski definition) is 8. The van der Waals surface area contributed by atoms with E-state index < -0.39 is 20.2 Å². The molecule has 2 aromatic carbocycles. The molecule has 8 nitrogen and oxygen atoms in total. The number of nitrogens with one attached hydrogen (secondary N) is 1. The largest absolute Gasteiger partial charge is 0.368 e. The standard InChI is InChI=1S/C21H23ClN2O6S4/c22-15-8-9-18-21(14(15)5-3-11-33(25,26)27)23-19(31-18)13-20-24(10-4-12-34(28,29)30)16-6-1-2-7-17(16)32-20/h1-2,6-9,13,19,23H,3-5,10-12H2,(H,25,26,27)(H,28,29,30). The first-order chi connectivity index (χ1) is 16.0. The SMILES string of the molecule is O=S(=O)(O)CCCc1c(Cl)ccc2c1NC(C=C1Sc3ccccc3N1CCCS(=O)(=O)O)S2. The molecule has 2 heterocycles. The monoisotopic (exact) mass is 562 g/mol. The third kappa shape index (κ3) is 6.42. The van der Waals surface area contributed by atoms with Crippen LogP contribution in [0, 0.1) is 0 Å². The van der Waals surface area contributed by atoms with Gasteiger partial charge < -0.3 is 10.2 Å². The molecule has 0 bridgehead atoms. The molecule has 184 valence electrons. The summed E-state index contributed by atoms with van der Waals surface area (Å²) >= 11 is 9.59. The van der Waals surface area contributed by atoms with E-state index in [9.17, 15) is 16.8 Å². The van der Waals surface area contributed by atoms with E-state index in [1.54, 1.807) is 29.6 Å². The summed E-state index contributed by atoms with van der Waals surface area (Å²) in [6.07, 6.45) is 3.00. The molecule has 0 saturated heterocycles. The number of rotatable bonds is 9. The summed E-state index contributed by atoms with van der Waals surface area (Å²) in [6.45, 7) is 0.437. The molecule has 4 rings (SSSR count). The molecule has 0 saturated carbocycles. The van der Waals surface area contributed by atoms with Crippen LogP contribution in [-0.2, 0) is 26.7 Å². The maximum absolute atomic E-state index is 11.2. The molecule has 0 spiro atoms. The number of halogens is 1. The highest BCUT2D eigenvalue weighted by molar-refractivity contribution is 8.04. The zero-order chi connectivity index (χ0) is 24.5. The minimum atomic E-state index is -4.04. The van der Waals surface area contributed by atoms with Crippen LogP contribution >= 0.6 is 35.1 Å². The van der Waals surface area contributed by atoms with E-state index >= 15 is 0 Å². The second-order valence-electron chi connectivity index (χ2n) is 7.84. The van der Waals surface area contributed by atoms with E-state index in [1.807, 2.05) is 30.3 Å². The molecule has 0 radical (unpaired) electrons. The zero-order valence-corrected chi connectivity index (χ0v) is 21.9. The van der Waals surface area contributed by atoms with Gasteiger partial charge in [-0.05, 0) is 55.2 Å². The Morgan fingerprint density at radius 3 is 2.44 bits per heavy atom. The Hall–Kier alpha value is -1.41. The molecule has 2 aliphatic heterocycles. The summed E-state index contributed by atoms with van der Waals surface area (Å²) in [5, 5.41) is 4.83. The molecule has 1 atom stereocenters. The van der Waals surface area contributed by atoms with Crippen LogP contribution in [0.25, 0.3) is 0 Å². The number of anilines is 2. The van der Waals surface area contributed by atoms with Crippen LogP contribution in [0.2, 0.25) is 5.02 Å². The van der Waals surface area contributed by atoms with Crippen molar-refractivity contribution >= 4 is 66.7 Å². The molecular weight excluding hydrogens is 540 g/mol. The van der Waals surface area contributed by atoms with Gasteiger partial charge in [0.15, 0.2) is 0 Å². The number of fused-ring (bicyclic) bond motifs is 2. The molecule has 2 aromatic rings. The van der Waals surface area contributed by atoms with Crippen LogP contribution in [0.15, 0.2) is 57.3 Å². The van der Waals surface area contributed by atoms with Gasteiger partial charge in [-0.3, -0.25) is 9.11 Å². The normalized spacial score (nSPS) is 18.7. The average Bonchev–Trinajstić information content (AvgIpc) is 3.29. The van der Waals surface area contributed by atoms with Crippen molar-refractivity contribution in [1.29, 1.82) is 0 Å². The van der Waals surface area contributed by atoms with Crippen molar-refractivity contribution in [2.75, 3.05) is 28.3 Å². The van der Waals surface area contributed by atoms with Crippen molar-refractivity contribution in [2.45, 2.75) is 34.4 Å². The fourth-order valence-electron chi connectivity index (χ4n) is 3.86. The lowest BCUT2D eigenvalue weighted by atomic mass is 10.1. The summed E-state index contributed by atoms with van der Waals surface area (Å²) in [6, 6.07) is 11.6. The van der Waals surface area contributed by atoms with Crippen molar-refractivity contribution in [3.05, 3.63) is 58.1 Å². The summed E-state index contributed by atoms with van der Waals surface area (Å²) < 4.78 is 62.6. The van der Waals surface area contributed by atoms with E-state index in [0.717, 1.165) is 31.8 Å². The summed E-state index contributed by atoms with van der Waals surface area (Å²) in [5.41, 5.74) is 2.65. The Balaban J connectivity index is 1.53. The van der Waals surface area contributed by atoms with Gasteiger partial charge in [0, 0.05) is 21.4 Å². The topological polar surface area (TPSA) is 124 Å². The molecular formula is C21H23ClN2O6S4. The van der Waals surface area contributed by atoms with Crippen molar-refractivity contribution in [3.63, 3.8) is 0 Å². The van der Waals surface area contributed by atoms with Crippen molar-refractivity contribution < 1.29 is 25.9 Å². The lowest BCUT2D eigenvalue weighted by molar-refractivity contribution is 0.479. The molecule has 2 aliphatic rings. The number of hydrogen-bond donors (Lipinski definition) is 3. The first-order valence-corrected chi connectivity index (χ1v) is 15.7. The third-order valence-corrected chi connectivity index (χ3v) is 9.50. The Labute approximate surface area is 212 Å². The van der Waals surface area contributed by atoms with Gasteiger partial charge in [-0.25, -0.2) is 0 Å². The fourth-order valence-corrected chi connectivity index (χ4v) is 7.45. The van der Waals surface area contributed by atoms with E-state index in [0.29, 0.717) is 18.0 Å². The Kier molecular flexibility index (Phi) is 7.77. The smallest absolute Gasteiger partial charge is 0.264 e. The van der Waals surface area contributed by atoms with Crippen LogP contribution in [0.1, 0.15) is 18.4 Å². The second kappa shape index (κ2) is 10.3. The van der Waals surface area contributed by atoms with Gasteiger partial charge in [0.2, 0.25) is 0 Å². The molecule has 0 amide bonds. The minimum Gasteiger partial charge on any atom is -0.368 e. The highest BCUT2D eigenvalue weighted by Crippen LogP contribution is 2.49. The van der Waals surface area contributed by atoms with Crippen molar-refractivity contribution in [1.82, 2.24) is 0 Å². The Morgan fingerprint density at radius 2 is 1.71 bits per heavy atom. The summed E-state index contributed by atoms with van der Waals surface area (Å²) in [5.74, 6) is -0.641. The molecule has 3 N–H and O–H groups in total. The van der Waals surface area contributed by atoms with Crippen molar-refractivity contribution in [2.24, 2.45) is 0 Å². The van der Waals surface area contributed by atoms with Gasteiger partial charge in [-0.1, -0.05) is 47.3 Å². The average molecular weight is 563 g/mol. The summed E-state index contributed by atoms with van der Waals surface area (Å²) in [4.78, 5) is 4.11. The second-order valence-corrected chi connectivity index (χ2v) is 13.6. The predicted molar refractivity (Wildman–Crippen MR) is 138 cm³/mol. The lowest BCUT2D eigenvalue weighted by Gasteiger charge is -2.21. The van der Waals surface area contributed by atoms with Gasteiger partial charge in [0.1, 0.15) is 0 Å². The first kappa shape index (κ1) is 25.7. The quantitative estimate of drug-likeness (QED) is 0.369. The van der Waals surface area contributed by atoms with Crippen molar-refractivity contribution in [3.8, 4) is 0 Å². The van der Waals surface area contributed by atoms with E-state index in [-0.39, 0.29) is 29.7 Å². The number of para-hydroxylation sites is 1. The van der Waals surface area contributed by atoms with Crippen LogP contribution in [0.4, 0.5) is 11.4 Å². The minimum absolute atomic E-state index is 0.116. The maximum Gasteiger partial charge on any atom is 0.264 e. The first-order valence-electron chi connectivity index (χ1n) is 10.4. The highest BCUT2D eigenvalue weighted by Gasteiger charge is 2.29. The number of nitrogens with zero attached hydrogens (tertiary/aromatic N) is 1. The van der Waals surface area contributed by atoms with E-state index in [2.05, 4.69) is 16.3 Å².